The minimum Gasteiger partial charge on any atom is -0.463 e. The number of fused-ring (bicyclic) bond motifs is 1. The second-order valence-corrected chi connectivity index (χ2v) is 7.39. The predicted octanol–water partition coefficient (Wildman–Crippen LogP) is 2.52. The lowest BCUT2D eigenvalue weighted by atomic mass is 9.67. The molecule has 0 saturated heterocycles. The highest BCUT2D eigenvalue weighted by atomic mass is 16.5. The summed E-state index contributed by atoms with van der Waals surface area (Å²) in [5.74, 6) is -0.982. The molecule has 0 fully saturated rings. The van der Waals surface area contributed by atoms with Gasteiger partial charge < -0.3 is 10.1 Å². The van der Waals surface area contributed by atoms with E-state index in [0.717, 1.165) is 17.1 Å². The molecule has 25 heavy (non-hydrogen) atoms. The van der Waals surface area contributed by atoms with Gasteiger partial charge in [-0.2, -0.15) is 0 Å². The number of ether oxygens (including phenoxy) is 1. The van der Waals surface area contributed by atoms with Gasteiger partial charge in [-0.05, 0) is 19.3 Å². The van der Waals surface area contributed by atoms with Crippen molar-refractivity contribution < 1.29 is 19.3 Å². The first-order valence-corrected chi connectivity index (χ1v) is 8.71. The molecular weight excluding hydrogens is 316 g/mol. The van der Waals surface area contributed by atoms with E-state index in [1.165, 1.54) is 0 Å². The minimum atomic E-state index is -0.394. The van der Waals surface area contributed by atoms with E-state index >= 15 is 0 Å². The van der Waals surface area contributed by atoms with Gasteiger partial charge in [-0.1, -0.05) is 26.0 Å². The number of pyridine rings is 1. The Morgan fingerprint density at radius 1 is 1.36 bits per heavy atom. The summed E-state index contributed by atoms with van der Waals surface area (Å²) in [6.07, 6.45) is 4.40. The molecule has 2 N–H and O–H groups in total. The number of esters is 1. The summed E-state index contributed by atoms with van der Waals surface area (Å²) in [6.45, 7) is 8.06. The molecule has 3 rings (SSSR count). The number of aromatic nitrogens is 1. The van der Waals surface area contributed by atoms with Crippen molar-refractivity contribution in [2.45, 2.75) is 40.0 Å². The van der Waals surface area contributed by atoms with Crippen molar-refractivity contribution in [3.63, 3.8) is 0 Å². The number of carbonyl (C=O) groups excluding carboxylic acids is 2. The number of ketones is 1. The predicted molar refractivity (Wildman–Crippen MR) is 93.2 cm³/mol. The van der Waals surface area contributed by atoms with Gasteiger partial charge in [0.15, 0.2) is 11.9 Å². The van der Waals surface area contributed by atoms with Crippen LogP contribution >= 0.6 is 0 Å². The number of H-pyrrole nitrogens is 1. The van der Waals surface area contributed by atoms with Crippen molar-refractivity contribution in [2.75, 3.05) is 6.61 Å². The monoisotopic (exact) mass is 341 g/mol. The van der Waals surface area contributed by atoms with E-state index in [0.29, 0.717) is 18.6 Å². The Balaban J connectivity index is 2.18. The summed E-state index contributed by atoms with van der Waals surface area (Å²) in [4.78, 5) is 28.8. The molecule has 1 aliphatic heterocycles. The van der Waals surface area contributed by atoms with Crippen LogP contribution in [0, 0.1) is 11.3 Å². The molecule has 1 aliphatic carbocycles. The molecule has 1 aromatic heterocycles. The van der Waals surface area contributed by atoms with Crippen LogP contribution in [0.5, 0.6) is 0 Å². The molecule has 0 bridgehead atoms. The van der Waals surface area contributed by atoms with Crippen LogP contribution in [0.4, 0.5) is 0 Å². The number of carbonyl (C=O) groups is 2. The van der Waals surface area contributed by atoms with Crippen LogP contribution in [0.15, 0.2) is 47.4 Å². The van der Waals surface area contributed by atoms with Gasteiger partial charge in [0.1, 0.15) is 5.78 Å². The van der Waals surface area contributed by atoms with Crippen molar-refractivity contribution in [3.8, 4) is 0 Å². The largest absolute Gasteiger partial charge is 0.463 e. The maximum Gasteiger partial charge on any atom is 0.336 e. The van der Waals surface area contributed by atoms with E-state index < -0.39 is 5.92 Å². The van der Waals surface area contributed by atoms with E-state index in [9.17, 15) is 9.59 Å². The van der Waals surface area contributed by atoms with Gasteiger partial charge in [0.25, 0.3) is 0 Å². The zero-order valence-electron chi connectivity index (χ0n) is 15.2. The van der Waals surface area contributed by atoms with Crippen molar-refractivity contribution in [3.05, 3.63) is 53.1 Å². The van der Waals surface area contributed by atoms with Crippen molar-refractivity contribution in [1.29, 1.82) is 0 Å². The molecule has 5 nitrogen and oxygen atoms in total. The third-order valence-corrected chi connectivity index (χ3v) is 4.80. The molecule has 0 saturated carbocycles. The molecule has 2 unspecified atom stereocenters. The van der Waals surface area contributed by atoms with Crippen LogP contribution in [0.2, 0.25) is 0 Å². The molecule has 0 amide bonds. The minimum absolute atomic E-state index is 0.145. The fourth-order valence-corrected chi connectivity index (χ4v) is 3.88. The molecule has 132 valence electrons. The van der Waals surface area contributed by atoms with Crippen LogP contribution in [0.25, 0.3) is 0 Å². The van der Waals surface area contributed by atoms with Crippen molar-refractivity contribution in [1.82, 2.24) is 5.32 Å². The van der Waals surface area contributed by atoms with E-state index in [1.54, 1.807) is 6.92 Å². The molecule has 5 heteroatoms. The first-order valence-electron chi connectivity index (χ1n) is 8.71. The van der Waals surface area contributed by atoms with Crippen LogP contribution in [0.3, 0.4) is 0 Å². The second kappa shape index (κ2) is 6.47. The fourth-order valence-electron chi connectivity index (χ4n) is 3.88. The van der Waals surface area contributed by atoms with Crippen LogP contribution < -0.4 is 10.3 Å². The smallest absolute Gasteiger partial charge is 0.336 e. The summed E-state index contributed by atoms with van der Waals surface area (Å²) >= 11 is 0. The average molecular weight is 341 g/mol. The average Bonchev–Trinajstić information content (AvgIpc) is 2.53. The summed E-state index contributed by atoms with van der Waals surface area (Å²) in [6, 6.07) is 5.72. The highest BCUT2D eigenvalue weighted by Crippen LogP contribution is 2.45. The Morgan fingerprint density at radius 3 is 2.76 bits per heavy atom. The third kappa shape index (κ3) is 3.23. The van der Waals surface area contributed by atoms with Gasteiger partial charge in [-0.3, -0.25) is 4.79 Å². The summed E-state index contributed by atoms with van der Waals surface area (Å²) in [7, 11) is 0. The van der Waals surface area contributed by atoms with Crippen molar-refractivity contribution in [2.24, 2.45) is 11.3 Å². The maximum atomic E-state index is 13.0. The molecule has 0 radical (unpaired) electrons. The lowest BCUT2D eigenvalue weighted by molar-refractivity contribution is -0.392. The van der Waals surface area contributed by atoms with E-state index in [4.69, 9.17) is 4.74 Å². The Morgan fingerprint density at radius 2 is 2.12 bits per heavy atom. The van der Waals surface area contributed by atoms with Gasteiger partial charge in [-0.15, -0.1) is 0 Å². The van der Waals surface area contributed by atoms with E-state index in [-0.39, 0.29) is 23.1 Å². The first kappa shape index (κ1) is 17.4. The zero-order chi connectivity index (χ0) is 18.2. The number of rotatable bonds is 3. The van der Waals surface area contributed by atoms with Crippen LogP contribution in [-0.2, 0) is 14.3 Å². The molecule has 0 spiro atoms. The summed E-state index contributed by atoms with van der Waals surface area (Å²) in [5, 5.41) is 3.30. The third-order valence-electron chi connectivity index (χ3n) is 4.80. The first-order chi connectivity index (χ1) is 11.8. The van der Waals surface area contributed by atoms with Gasteiger partial charge in [0, 0.05) is 29.9 Å². The lowest BCUT2D eigenvalue weighted by Crippen LogP contribution is -2.44. The molecular formula is C20H25N2O3+. The van der Waals surface area contributed by atoms with Crippen molar-refractivity contribution >= 4 is 11.8 Å². The highest BCUT2D eigenvalue weighted by molar-refractivity contribution is 5.96. The molecule has 2 heterocycles. The number of allylic oxidation sites excluding steroid dienone is 3. The van der Waals surface area contributed by atoms with Gasteiger partial charge in [0.2, 0.25) is 0 Å². The standard InChI is InChI=1S/C20H24N2O3/c1-5-25-19(24)16-12(2)22-14-10-20(3,4)11-15(23)17(14)18(16)13-8-6-7-9-21-13/h6-10,17-18,22H,5,11H2,1-4H3/p+1. The highest BCUT2D eigenvalue weighted by Gasteiger charge is 2.48. The lowest BCUT2D eigenvalue weighted by Gasteiger charge is -2.39. The van der Waals surface area contributed by atoms with Gasteiger partial charge in [-0.25, -0.2) is 9.78 Å². The van der Waals surface area contributed by atoms with Gasteiger partial charge in [0.05, 0.1) is 24.0 Å². The Hall–Kier alpha value is -2.43. The summed E-state index contributed by atoms with van der Waals surface area (Å²) in [5.41, 5.74) is 2.81. The quantitative estimate of drug-likeness (QED) is 0.858. The molecule has 2 atom stereocenters. The fraction of sp³-hybridized carbons (Fsp3) is 0.450. The van der Waals surface area contributed by atoms with Crippen LogP contribution in [-0.4, -0.2) is 18.4 Å². The maximum absolute atomic E-state index is 13.0. The van der Waals surface area contributed by atoms with Crippen LogP contribution in [0.1, 0.15) is 45.7 Å². The molecule has 0 aromatic carbocycles. The number of aromatic amines is 1. The second-order valence-electron chi connectivity index (χ2n) is 7.39. The topological polar surface area (TPSA) is 69.5 Å². The summed E-state index contributed by atoms with van der Waals surface area (Å²) < 4.78 is 5.28. The zero-order valence-corrected chi connectivity index (χ0v) is 15.2. The SMILES string of the molecule is CCOC(=O)C1=C(C)NC2=CC(C)(C)CC(=O)C2C1c1cccc[nH+]1. The molecule has 1 aromatic rings. The Kier molecular flexibility index (Phi) is 4.50. The van der Waals surface area contributed by atoms with Gasteiger partial charge >= 0.3 is 5.97 Å². The number of Topliss-reactive ketones (excluding diaryl/α,β-unsaturated/α-hetero) is 1. The number of nitrogens with one attached hydrogen (secondary N) is 2. The molecule has 2 aliphatic rings. The number of hydrogen-bond acceptors (Lipinski definition) is 4. The number of hydrogen-bond donors (Lipinski definition) is 1. The van der Waals surface area contributed by atoms with E-state index in [1.807, 2.05) is 31.3 Å². The Labute approximate surface area is 148 Å². The van der Waals surface area contributed by atoms with E-state index in [2.05, 4.69) is 30.2 Å². The Bertz CT molecular complexity index is 762. The normalized spacial score (nSPS) is 25.0.